The molecule has 1 fully saturated rings. The summed E-state index contributed by atoms with van der Waals surface area (Å²) in [5, 5.41) is 15.6. The molecule has 2 heterocycles. The second-order valence-electron chi connectivity index (χ2n) is 7.43. The zero-order valence-electron chi connectivity index (χ0n) is 17.9. The number of carbonyl (C=O) groups is 1. The maximum Gasteiger partial charge on any atom is 0.274 e. The van der Waals surface area contributed by atoms with Crippen LogP contribution in [0.5, 0.6) is 5.75 Å². The lowest BCUT2D eigenvalue weighted by Gasteiger charge is -2.38. The smallest absolute Gasteiger partial charge is 0.274 e. The summed E-state index contributed by atoms with van der Waals surface area (Å²) >= 11 is 0. The summed E-state index contributed by atoms with van der Waals surface area (Å²) in [6.45, 7) is 1.71. The number of amides is 1. The number of aromatic nitrogens is 2. The Morgan fingerprint density at radius 3 is 2.94 bits per heavy atom. The summed E-state index contributed by atoms with van der Waals surface area (Å²) in [5.74, 6) is -1.51. The highest BCUT2D eigenvalue weighted by Gasteiger charge is 2.25. The van der Waals surface area contributed by atoms with Crippen LogP contribution in [0.4, 0.5) is 20.2 Å². The first-order chi connectivity index (χ1) is 16.0. The third-order valence-electron chi connectivity index (χ3n) is 5.38. The van der Waals surface area contributed by atoms with Gasteiger partial charge in [0.05, 0.1) is 36.7 Å². The predicted molar refractivity (Wildman–Crippen MR) is 119 cm³/mol. The molecule has 1 aliphatic heterocycles. The molecule has 0 bridgehead atoms. The van der Waals surface area contributed by atoms with E-state index < -0.39 is 17.5 Å². The minimum absolute atomic E-state index is 0.0143. The van der Waals surface area contributed by atoms with Crippen LogP contribution in [0.15, 0.2) is 48.7 Å². The van der Waals surface area contributed by atoms with Crippen LogP contribution in [-0.2, 0) is 0 Å². The molecule has 8 nitrogen and oxygen atoms in total. The van der Waals surface area contributed by atoms with Crippen molar-refractivity contribution in [1.82, 2.24) is 15.3 Å². The lowest BCUT2D eigenvalue weighted by Crippen LogP contribution is -2.53. The van der Waals surface area contributed by atoms with Gasteiger partial charge in [0.25, 0.3) is 5.91 Å². The van der Waals surface area contributed by atoms with Gasteiger partial charge in [0.1, 0.15) is 23.1 Å². The number of halogens is 2. The van der Waals surface area contributed by atoms with E-state index in [1.165, 1.54) is 43.6 Å². The summed E-state index contributed by atoms with van der Waals surface area (Å²) in [5.41, 5.74) is 0.826. The zero-order valence-corrected chi connectivity index (χ0v) is 17.9. The number of benzene rings is 2. The maximum absolute atomic E-state index is 14.4. The van der Waals surface area contributed by atoms with Gasteiger partial charge >= 0.3 is 0 Å². The molecule has 1 aromatic heterocycles. The van der Waals surface area contributed by atoms with Gasteiger partial charge in [0.2, 0.25) is 0 Å². The topological polar surface area (TPSA) is 99.6 Å². The van der Waals surface area contributed by atoms with Crippen molar-refractivity contribution >= 4 is 17.3 Å². The number of rotatable bonds is 6. The van der Waals surface area contributed by atoms with E-state index in [0.29, 0.717) is 25.3 Å². The highest BCUT2D eigenvalue weighted by atomic mass is 19.1. The summed E-state index contributed by atoms with van der Waals surface area (Å²) in [4.78, 5) is 23.2. The molecule has 1 atom stereocenters. The van der Waals surface area contributed by atoms with Crippen molar-refractivity contribution in [1.29, 1.82) is 0 Å². The number of nitrogens with zero attached hydrogens (tertiary/aromatic N) is 3. The molecule has 33 heavy (non-hydrogen) atoms. The van der Waals surface area contributed by atoms with Crippen molar-refractivity contribution in [2.24, 2.45) is 0 Å². The average Bonchev–Trinajstić information content (AvgIpc) is 2.84. The minimum Gasteiger partial charge on any atom is -0.496 e. The Morgan fingerprint density at radius 1 is 1.30 bits per heavy atom. The largest absolute Gasteiger partial charge is 0.496 e. The number of ether oxygens (including phenoxy) is 1. The van der Waals surface area contributed by atoms with Crippen molar-refractivity contribution in [3.05, 3.63) is 66.0 Å². The molecule has 0 saturated carbocycles. The molecule has 1 saturated heterocycles. The lowest BCUT2D eigenvalue weighted by atomic mass is 10.1. The third-order valence-corrected chi connectivity index (χ3v) is 5.38. The van der Waals surface area contributed by atoms with Crippen LogP contribution < -0.4 is 20.3 Å². The van der Waals surface area contributed by atoms with Gasteiger partial charge in [-0.1, -0.05) is 6.07 Å². The summed E-state index contributed by atoms with van der Waals surface area (Å²) < 4.78 is 33.7. The number of aliphatic hydroxyl groups is 1. The van der Waals surface area contributed by atoms with E-state index in [0.717, 1.165) is 0 Å². The fourth-order valence-electron chi connectivity index (χ4n) is 3.78. The Morgan fingerprint density at radius 2 is 2.15 bits per heavy atom. The molecule has 1 unspecified atom stereocenters. The van der Waals surface area contributed by atoms with Crippen LogP contribution in [0.3, 0.4) is 0 Å². The van der Waals surface area contributed by atoms with Gasteiger partial charge in [-0.2, -0.15) is 0 Å². The number of hydrogen-bond donors (Lipinski definition) is 3. The first-order valence-corrected chi connectivity index (χ1v) is 10.4. The Kier molecular flexibility index (Phi) is 6.76. The van der Waals surface area contributed by atoms with Crippen molar-refractivity contribution < 1.29 is 23.4 Å². The number of anilines is 2. The highest BCUT2D eigenvalue weighted by Crippen LogP contribution is 2.31. The van der Waals surface area contributed by atoms with Crippen molar-refractivity contribution in [2.75, 3.05) is 43.6 Å². The fraction of sp³-hybridized carbons (Fsp3) is 0.261. The minimum atomic E-state index is -0.614. The van der Waals surface area contributed by atoms with Gasteiger partial charge in [0.15, 0.2) is 5.82 Å². The number of hydrogen-bond acceptors (Lipinski definition) is 7. The Balaban J connectivity index is 1.65. The fourth-order valence-corrected chi connectivity index (χ4v) is 3.78. The van der Waals surface area contributed by atoms with Gasteiger partial charge in [-0.15, -0.1) is 0 Å². The molecule has 3 aromatic rings. The average molecular weight is 455 g/mol. The number of nitrogens with one attached hydrogen (secondary N) is 2. The number of methoxy groups -OCH3 is 1. The monoisotopic (exact) mass is 455 g/mol. The van der Waals surface area contributed by atoms with Crippen LogP contribution in [0.1, 0.15) is 10.5 Å². The number of aliphatic hydroxyl groups excluding tert-OH is 1. The molecule has 1 amide bonds. The normalized spacial score (nSPS) is 15.9. The van der Waals surface area contributed by atoms with Crippen LogP contribution in [0, 0.1) is 11.6 Å². The maximum atomic E-state index is 14.4. The van der Waals surface area contributed by atoms with Crippen molar-refractivity contribution in [3.63, 3.8) is 0 Å². The van der Waals surface area contributed by atoms with E-state index in [1.54, 1.807) is 12.1 Å². The first-order valence-electron chi connectivity index (χ1n) is 10.4. The van der Waals surface area contributed by atoms with Crippen LogP contribution in [0.2, 0.25) is 0 Å². The van der Waals surface area contributed by atoms with Crippen molar-refractivity contribution in [2.45, 2.75) is 6.04 Å². The molecule has 4 rings (SSSR count). The SMILES string of the molecule is COc1cccc(F)c1-c1nccc(C(=O)Nc2cc(F)ccc2N2CCNCC2CO)n1. The Labute approximate surface area is 189 Å². The molecule has 172 valence electrons. The van der Waals surface area contributed by atoms with Crippen LogP contribution in [-0.4, -0.2) is 60.4 Å². The van der Waals surface area contributed by atoms with Gasteiger partial charge in [-0.3, -0.25) is 4.79 Å². The van der Waals surface area contributed by atoms with Gasteiger partial charge in [-0.05, 0) is 36.4 Å². The van der Waals surface area contributed by atoms with E-state index in [-0.39, 0.29) is 41.2 Å². The quantitative estimate of drug-likeness (QED) is 0.525. The standard InChI is InChI=1S/C23H23F2N5O3/c1-33-20-4-2-3-16(25)21(20)22-27-8-7-17(28-22)23(32)29-18-11-14(24)5-6-19(18)30-10-9-26-12-15(30)13-31/h2-8,11,15,26,31H,9-10,12-13H2,1H3,(H,29,32). The second kappa shape index (κ2) is 9.88. The van der Waals surface area contributed by atoms with Crippen LogP contribution >= 0.6 is 0 Å². The molecule has 1 aliphatic rings. The van der Waals surface area contributed by atoms with E-state index in [2.05, 4.69) is 20.6 Å². The molecular formula is C23H23F2N5O3. The first kappa shape index (κ1) is 22.6. The summed E-state index contributed by atoms with van der Waals surface area (Å²) in [7, 11) is 1.40. The van der Waals surface area contributed by atoms with E-state index in [9.17, 15) is 18.7 Å². The zero-order chi connectivity index (χ0) is 23.4. The van der Waals surface area contributed by atoms with Crippen molar-refractivity contribution in [3.8, 4) is 17.1 Å². The Hall–Kier alpha value is -3.63. The molecule has 2 aromatic carbocycles. The highest BCUT2D eigenvalue weighted by molar-refractivity contribution is 6.05. The lowest BCUT2D eigenvalue weighted by molar-refractivity contribution is 0.102. The molecule has 0 spiro atoms. The van der Waals surface area contributed by atoms with Gasteiger partial charge in [-0.25, -0.2) is 18.7 Å². The van der Waals surface area contributed by atoms with E-state index >= 15 is 0 Å². The molecule has 3 N–H and O–H groups in total. The Bertz CT molecular complexity index is 1160. The summed E-state index contributed by atoms with van der Waals surface area (Å²) in [6.07, 6.45) is 1.34. The van der Waals surface area contributed by atoms with Crippen LogP contribution in [0.25, 0.3) is 11.4 Å². The third kappa shape index (κ3) is 4.76. The molecule has 0 aliphatic carbocycles. The van der Waals surface area contributed by atoms with Gasteiger partial charge in [0, 0.05) is 25.8 Å². The predicted octanol–water partition coefficient (Wildman–Crippen LogP) is 2.45. The molecule has 0 radical (unpaired) electrons. The molecule has 10 heteroatoms. The second-order valence-corrected chi connectivity index (χ2v) is 7.43. The van der Waals surface area contributed by atoms with E-state index in [4.69, 9.17) is 4.74 Å². The molecular weight excluding hydrogens is 432 g/mol. The summed E-state index contributed by atoms with van der Waals surface area (Å²) in [6, 6.07) is 9.55. The van der Waals surface area contributed by atoms with Gasteiger partial charge < -0.3 is 25.4 Å². The number of piperazine rings is 1. The van der Waals surface area contributed by atoms with E-state index in [1.807, 2.05) is 4.90 Å². The number of carbonyl (C=O) groups excluding carboxylic acids is 1.